The van der Waals surface area contributed by atoms with Crippen LogP contribution in [0.1, 0.15) is 52.4 Å². The zero-order chi connectivity index (χ0) is 18.9. The van der Waals surface area contributed by atoms with E-state index in [-0.39, 0.29) is 38.5 Å². The minimum absolute atomic E-state index is 0.0423. The van der Waals surface area contributed by atoms with Gasteiger partial charge in [0.15, 0.2) is 11.6 Å². The molecule has 0 aromatic heterocycles. The van der Waals surface area contributed by atoms with Crippen LogP contribution in [0.15, 0.2) is 0 Å². The Morgan fingerprint density at radius 2 is 1.04 bits per heavy atom. The highest BCUT2D eigenvalue weighted by atomic mass is 16.4. The maximum atomic E-state index is 11.8. The Balaban J connectivity index is 4.34. The average molecular weight is 340 g/mol. The van der Waals surface area contributed by atoms with Gasteiger partial charge in [0.05, 0.1) is 11.4 Å². The number of carboxylic acid groups (broad SMARTS) is 2. The third-order valence-corrected chi connectivity index (χ3v) is 3.77. The van der Waals surface area contributed by atoms with E-state index < -0.39 is 46.8 Å². The Morgan fingerprint density at radius 3 is 1.25 bits per heavy atom. The van der Waals surface area contributed by atoms with Gasteiger partial charge in [0.25, 0.3) is 0 Å². The van der Waals surface area contributed by atoms with Gasteiger partial charge >= 0.3 is 11.9 Å². The molecule has 0 aliphatic rings. The molecule has 0 rings (SSSR count). The summed E-state index contributed by atoms with van der Waals surface area (Å²) in [5.41, 5.74) is -0.887. The molecule has 0 heterocycles. The molecule has 0 spiro atoms. The number of nitrogens with one attached hydrogen (secondary N) is 2. The Bertz CT molecular complexity index is 493. The second-order valence-corrected chi connectivity index (χ2v) is 5.48. The molecule has 0 saturated carbocycles. The molecule has 134 valence electrons. The van der Waals surface area contributed by atoms with Crippen LogP contribution in [0, 0.1) is 22.7 Å². The van der Waals surface area contributed by atoms with Crippen molar-refractivity contribution in [2.45, 2.75) is 52.4 Å². The van der Waals surface area contributed by atoms with Gasteiger partial charge in [-0.25, -0.2) is 0 Å². The molecule has 0 fully saturated rings. The predicted molar refractivity (Wildman–Crippen MR) is 86.8 cm³/mol. The maximum absolute atomic E-state index is 11.8. The van der Waals surface area contributed by atoms with Gasteiger partial charge < -0.3 is 21.0 Å². The van der Waals surface area contributed by atoms with E-state index in [0.29, 0.717) is 0 Å². The predicted octanol–water partition coefficient (Wildman–Crippen LogP) is 1.95. The van der Waals surface area contributed by atoms with Crippen molar-refractivity contribution in [2.24, 2.45) is 11.8 Å². The van der Waals surface area contributed by atoms with Gasteiger partial charge in [-0.1, -0.05) is 13.8 Å². The van der Waals surface area contributed by atoms with Gasteiger partial charge in [-0.15, -0.1) is 0 Å². The van der Waals surface area contributed by atoms with Gasteiger partial charge in [-0.05, 0) is 25.7 Å². The summed E-state index contributed by atoms with van der Waals surface area (Å²) in [7, 11) is 0. The SMILES string of the molecule is CC[C@@H](C(=N)C(=O)CCCCC(=O)C(=N)[C@H](CC)C(=O)O)C(=O)O. The second-order valence-electron chi connectivity index (χ2n) is 5.48. The van der Waals surface area contributed by atoms with Gasteiger partial charge in [-0.3, -0.25) is 19.2 Å². The van der Waals surface area contributed by atoms with Crippen molar-refractivity contribution in [3.05, 3.63) is 0 Å². The van der Waals surface area contributed by atoms with Crippen molar-refractivity contribution in [1.82, 2.24) is 0 Å². The van der Waals surface area contributed by atoms with Crippen LogP contribution in [-0.2, 0) is 19.2 Å². The molecule has 0 radical (unpaired) electrons. The van der Waals surface area contributed by atoms with Crippen LogP contribution in [0.25, 0.3) is 0 Å². The normalized spacial score (nSPS) is 12.9. The standard InChI is InChI=1S/C16H24N2O6/c1-3-9(15(21)22)13(17)11(19)7-5-6-8-12(20)14(18)10(4-2)16(23)24/h9-10,17-18H,3-8H2,1-2H3,(H,21,22)(H,23,24)/t9-,10-/m0/s1. The molecule has 0 aliphatic carbocycles. The molecular weight excluding hydrogens is 316 g/mol. The summed E-state index contributed by atoms with van der Waals surface area (Å²) in [5, 5.41) is 33.0. The van der Waals surface area contributed by atoms with Crippen LogP contribution in [0.3, 0.4) is 0 Å². The first-order valence-corrected chi connectivity index (χ1v) is 7.86. The Morgan fingerprint density at radius 1 is 0.750 bits per heavy atom. The molecule has 0 aromatic rings. The van der Waals surface area contributed by atoms with Gasteiger partial charge in [0.1, 0.15) is 11.8 Å². The molecule has 0 bridgehead atoms. The number of unbranched alkanes of at least 4 members (excludes halogenated alkanes) is 1. The molecular formula is C16H24N2O6. The van der Waals surface area contributed by atoms with Crippen molar-refractivity contribution in [2.75, 3.05) is 0 Å². The smallest absolute Gasteiger partial charge is 0.312 e. The minimum Gasteiger partial charge on any atom is -0.481 e. The van der Waals surface area contributed by atoms with Crippen molar-refractivity contribution in [3.8, 4) is 0 Å². The fourth-order valence-electron chi connectivity index (χ4n) is 2.23. The van der Waals surface area contributed by atoms with Gasteiger partial charge in [0.2, 0.25) is 0 Å². The van der Waals surface area contributed by atoms with Crippen LogP contribution in [0.2, 0.25) is 0 Å². The molecule has 8 nitrogen and oxygen atoms in total. The summed E-state index contributed by atoms with van der Waals surface area (Å²) in [4.78, 5) is 45.4. The highest BCUT2D eigenvalue weighted by molar-refractivity contribution is 6.42. The van der Waals surface area contributed by atoms with Crippen molar-refractivity contribution >= 4 is 34.9 Å². The number of ketones is 2. The maximum Gasteiger partial charge on any atom is 0.312 e. The molecule has 8 heteroatoms. The third kappa shape index (κ3) is 6.39. The van der Waals surface area contributed by atoms with Crippen molar-refractivity contribution in [1.29, 1.82) is 10.8 Å². The van der Waals surface area contributed by atoms with E-state index in [1.807, 2.05) is 0 Å². The van der Waals surface area contributed by atoms with Crippen LogP contribution >= 0.6 is 0 Å². The largest absolute Gasteiger partial charge is 0.481 e. The van der Waals surface area contributed by atoms with E-state index in [9.17, 15) is 19.2 Å². The Hall–Kier alpha value is -2.38. The van der Waals surface area contributed by atoms with Crippen LogP contribution in [0.5, 0.6) is 0 Å². The van der Waals surface area contributed by atoms with Gasteiger partial charge in [-0.2, -0.15) is 0 Å². The Kier molecular flexibility index (Phi) is 9.37. The first-order chi connectivity index (χ1) is 11.2. The minimum atomic E-state index is -1.21. The first-order valence-electron chi connectivity index (χ1n) is 7.86. The molecule has 0 aromatic carbocycles. The summed E-state index contributed by atoms with van der Waals surface area (Å²) in [6.07, 6.45) is 0.783. The summed E-state index contributed by atoms with van der Waals surface area (Å²) < 4.78 is 0. The number of aliphatic carboxylic acids is 2. The van der Waals surface area contributed by atoms with Crippen molar-refractivity contribution in [3.63, 3.8) is 0 Å². The molecule has 0 aliphatic heterocycles. The summed E-state index contributed by atoms with van der Waals surface area (Å²) in [5.74, 6) is -5.79. The fraction of sp³-hybridized carbons (Fsp3) is 0.625. The summed E-state index contributed by atoms with van der Waals surface area (Å²) in [6, 6.07) is 0. The lowest BCUT2D eigenvalue weighted by Gasteiger charge is -2.11. The van der Waals surface area contributed by atoms with Crippen molar-refractivity contribution < 1.29 is 29.4 Å². The Labute approximate surface area is 140 Å². The summed E-state index contributed by atoms with van der Waals surface area (Å²) >= 11 is 0. The number of hydrogen-bond acceptors (Lipinski definition) is 6. The molecule has 24 heavy (non-hydrogen) atoms. The monoisotopic (exact) mass is 340 g/mol. The van der Waals surface area contributed by atoms with E-state index in [1.165, 1.54) is 0 Å². The third-order valence-electron chi connectivity index (χ3n) is 3.77. The zero-order valence-corrected chi connectivity index (χ0v) is 13.9. The lowest BCUT2D eigenvalue weighted by atomic mass is 9.93. The fourth-order valence-corrected chi connectivity index (χ4v) is 2.23. The molecule has 2 atom stereocenters. The van der Waals surface area contributed by atoms with E-state index in [2.05, 4.69) is 0 Å². The quantitative estimate of drug-likeness (QED) is 0.296. The van der Waals surface area contributed by atoms with E-state index in [4.69, 9.17) is 21.0 Å². The number of Topliss-reactive ketones (excluding diaryl/α,β-unsaturated/α-hetero) is 2. The van der Waals surface area contributed by atoms with Crippen LogP contribution in [-0.4, -0.2) is 45.1 Å². The average Bonchev–Trinajstić information content (AvgIpc) is 2.51. The first kappa shape index (κ1) is 21.6. The molecule has 0 amide bonds. The molecule has 4 N–H and O–H groups in total. The second kappa shape index (κ2) is 10.4. The van der Waals surface area contributed by atoms with E-state index in [1.54, 1.807) is 13.8 Å². The number of hydrogen-bond donors (Lipinski definition) is 4. The van der Waals surface area contributed by atoms with Crippen LogP contribution in [0.4, 0.5) is 0 Å². The summed E-state index contributed by atoms with van der Waals surface area (Å²) in [6.45, 7) is 3.16. The van der Waals surface area contributed by atoms with Gasteiger partial charge in [0, 0.05) is 12.8 Å². The van der Waals surface area contributed by atoms with Crippen LogP contribution < -0.4 is 0 Å². The lowest BCUT2D eigenvalue weighted by molar-refractivity contribution is -0.140. The molecule has 0 unspecified atom stereocenters. The number of carboxylic acids is 2. The number of carbonyl (C=O) groups excluding carboxylic acids is 2. The highest BCUT2D eigenvalue weighted by Gasteiger charge is 2.27. The number of carbonyl (C=O) groups is 4. The molecule has 0 saturated heterocycles. The van der Waals surface area contributed by atoms with E-state index >= 15 is 0 Å². The lowest BCUT2D eigenvalue weighted by Crippen LogP contribution is -2.29. The number of rotatable bonds is 13. The zero-order valence-electron chi connectivity index (χ0n) is 13.9. The van der Waals surface area contributed by atoms with E-state index in [0.717, 1.165) is 0 Å². The topological polar surface area (TPSA) is 156 Å². The highest BCUT2D eigenvalue weighted by Crippen LogP contribution is 2.12.